The first-order valence-corrected chi connectivity index (χ1v) is 6.29. The number of rotatable bonds is 3. The second-order valence-electron chi connectivity index (χ2n) is 3.32. The minimum absolute atomic E-state index is 0.0188. The maximum Gasteiger partial charge on any atom is 0.311 e. The average molecular weight is 394 g/mol. The van der Waals surface area contributed by atoms with Crippen molar-refractivity contribution >= 4 is 39.9 Å². The van der Waals surface area contributed by atoms with Gasteiger partial charge >= 0.3 is 5.69 Å². The van der Waals surface area contributed by atoms with E-state index < -0.39 is 10.5 Å². The fourth-order valence-electron chi connectivity index (χ4n) is 1.26. The van der Waals surface area contributed by atoms with Gasteiger partial charge in [0.05, 0.1) is 11.3 Å². The van der Waals surface area contributed by atoms with Crippen molar-refractivity contribution in [1.82, 2.24) is 9.97 Å². The van der Waals surface area contributed by atoms with Crippen LogP contribution in [-0.4, -0.2) is 14.9 Å². The largest absolute Gasteiger partial charge is 0.430 e. The van der Waals surface area contributed by atoms with Crippen molar-refractivity contribution in [2.45, 2.75) is 0 Å². The molecule has 98 valence electrons. The second kappa shape index (κ2) is 5.53. The Morgan fingerprint density at radius 3 is 2.89 bits per heavy atom. The molecule has 2 aromatic rings. The van der Waals surface area contributed by atoms with Crippen LogP contribution in [0.4, 0.5) is 5.69 Å². The summed E-state index contributed by atoms with van der Waals surface area (Å²) in [7, 11) is 0. The molecule has 1 heterocycles. The van der Waals surface area contributed by atoms with Crippen LogP contribution in [0.5, 0.6) is 11.6 Å². The molecule has 0 fully saturated rings. The third-order valence-corrected chi connectivity index (χ3v) is 3.28. The lowest BCUT2D eigenvalue weighted by atomic mass is 10.3. The highest BCUT2D eigenvalue weighted by atomic mass is 127. The molecular weight excluding hydrogens is 388 g/mol. The van der Waals surface area contributed by atoms with Gasteiger partial charge in [-0.3, -0.25) is 14.9 Å². The van der Waals surface area contributed by atoms with Crippen molar-refractivity contribution in [1.29, 1.82) is 0 Å². The van der Waals surface area contributed by atoms with E-state index in [-0.39, 0.29) is 25.9 Å². The van der Waals surface area contributed by atoms with Crippen LogP contribution in [0.15, 0.2) is 29.3 Å². The molecule has 0 atom stereocenters. The van der Waals surface area contributed by atoms with Crippen molar-refractivity contribution in [3.05, 3.63) is 53.6 Å². The maximum atomic E-state index is 11.4. The molecule has 0 unspecified atom stereocenters. The first kappa shape index (κ1) is 13.7. The van der Waals surface area contributed by atoms with Gasteiger partial charge in [0.15, 0.2) is 0 Å². The fourth-order valence-corrected chi connectivity index (χ4v) is 1.83. The van der Waals surface area contributed by atoms with E-state index in [1.165, 1.54) is 18.2 Å². The number of hydrogen-bond donors (Lipinski definition) is 1. The number of hydrogen-bond acceptors (Lipinski definition) is 5. The van der Waals surface area contributed by atoms with Crippen LogP contribution in [0.1, 0.15) is 0 Å². The molecule has 0 amide bonds. The third kappa shape index (κ3) is 3.01. The van der Waals surface area contributed by atoms with Gasteiger partial charge in [-0.15, -0.1) is 0 Å². The maximum absolute atomic E-state index is 11.4. The highest BCUT2D eigenvalue weighted by Crippen LogP contribution is 2.33. The standard InChI is InChI=1S/C10H5ClIN3O4/c11-5-1-2-6(15(17)18)7(3-5)19-10-8(12)9(16)13-4-14-10/h1-4H,(H,13,14,16). The zero-order valence-electron chi connectivity index (χ0n) is 9.09. The lowest BCUT2D eigenvalue weighted by Crippen LogP contribution is -2.11. The third-order valence-electron chi connectivity index (χ3n) is 2.09. The van der Waals surface area contributed by atoms with Crippen LogP contribution >= 0.6 is 34.2 Å². The summed E-state index contributed by atoms with van der Waals surface area (Å²) >= 11 is 7.50. The summed E-state index contributed by atoms with van der Waals surface area (Å²) in [6.45, 7) is 0. The Hall–Kier alpha value is -1.68. The molecular formula is C10H5ClIN3O4. The van der Waals surface area contributed by atoms with Crippen LogP contribution in [-0.2, 0) is 0 Å². The Kier molecular flexibility index (Phi) is 4.00. The minimum Gasteiger partial charge on any atom is -0.430 e. The average Bonchev–Trinajstić information content (AvgIpc) is 2.35. The second-order valence-corrected chi connectivity index (χ2v) is 4.84. The van der Waals surface area contributed by atoms with Crippen molar-refractivity contribution in [3.63, 3.8) is 0 Å². The number of halogens is 2. The molecule has 7 nitrogen and oxygen atoms in total. The van der Waals surface area contributed by atoms with Crippen LogP contribution in [0.2, 0.25) is 5.02 Å². The molecule has 0 radical (unpaired) electrons. The smallest absolute Gasteiger partial charge is 0.311 e. The molecule has 0 saturated carbocycles. The van der Waals surface area contributed by atoms with Crippen molar-refractivity contribution in [2.75, 3.05) is 0 Å². The summed E-state index contributed by atoms with van der Waals surface area (Å²) in [4.78, 5) is 27.8. The van der Waals surface area contributed by atoms with Gasteiger partial charge < -0.3 is 9.72 Å². The quantitative estimate of drug-likeness (QED) is 0.491. The Morgan fingerprint density at radius 1 is 1.47 bits per heavy atom. The van der Waals surface area contributed by atoms with Gasteiger partial charge in [-0.05, 0) is 28.7 Å². The molecule has 0 bridgehead atoms. The number of benzene rings is 1. The van der Waals surface area contributed by atoms with E-state index in [0.717, 1.165) is 6.33 Å². The van der Waals surface area contributed by atoms with Crippen LogP contribution in [0.25, 0.3) is 0 Å². The normalized spacial score (nSPS) is 10.2. The number of nitrogens with one attached hydrogen (secondary N) is 1. The van der Waals surface area contributed by atoms with Gasteiger partial charge in [0, 0.05) is 17.2 Å². The predicted molar refractivity (Wildman–Crippen MR) is 75.8 cm³/mol. The first-order chi connectivity index (χ1) is 8.99. The number of aromatic nitrogens is 2. The number of nitro benzene ring substituents is 1. The van der Waals surface area contributed by atoms with E-state index in [1.54, 1.807) is 22.6 Å². The molecule has 0 saturated heterocycles. The van der Waals surface area contributed by atoms with E-state index in [9.17, 15) is 14.9 Å². The number of aromatic amines is 1. The van der Waals surface area contributed by atoms with Crippen molar-refractivity contribution in [3.8, 4) is 11.6 Å². The Bertz CT molecular complexity index is 703. The van der Waals surface area contributed by atoms with Gasteiger partial charge in [0.2, 0.25) is 11.6 Å². The monoisotopic (exact) mass is 393 g/mol. The lowest BCUT2D eigenvalue weighted by molar-refractivity contribution is -0.385. The topological polar surface area (TPSA) is 98.1 Å². The molecule has 2 rings (SSSR count). The van der Waals surface area contributed by atoms with E-state index in [4.69, 9.17) is 16.3 Å². The number of nitrogens with zero attached hydrogens (tertiary/aromatic N) is 2. The van der Waals surface area contributed by atoms with Gasteiger partial charge in [0.25, 0.3) is 5.56 Å². The molecule has 0 spiro atoms. The summed E-state index contributed by atoms with van der Waals surface area (Å²) in [5.41, 5.74) is -0.655. The van der Waals surface area contributed by atoms with Gasteiger partial charge in [0.1, 0.15) is 3.57 Å². The van der Waals surface area contributed by atoms with Gasteiger partial charge in [-0.25, -0.2) is 4.98 Å². The minimum atomic E-state index is -0.605. The molecule has 1 aromatic carbocycles. The molecule has 19 heavy (non-hydrogen) atoms. The van der Waals surface area contributed by atoms with Crippen molar-refractivity contribution in [2.24, 2.45) is 0 Å². The first-order valence-electron chi connectivity index (χ1n) is 4.84. The number of H-pyrrole nitrogens is 1. The van der Waals surface area contributed by atoms with Gasteiger partial charge in [-0.1, -0.05) is 11.6 Å². The zero-order chi connectivity index (χ0) is 14.0. The molecule has 0 aliphatic carbocycles. The summed E-state index contributed by atoms with van der Waals surface area (Å²) in [6, 6.07) is 3.89. The summed E-state index contributed by atoms with van der Waals surface area (Å²) in [5, 5.41) is 11.1. The Morgan fingerprint density at radius 2 is 2.21 bits per heavy atom. The lowest BCUT2D eigenvalue weighted by Gasteiger charge is -2.06. The predicted octanol–water partition coefficient (Wildman–Crippen LogP) is 2.73. The summed E-state index contributed by atoms with van der Waals surface area (Å²) < 4.78 is 5.49. The number of ether oxygens (including phenoxy) is 1. The molecule has 9 heteroatoms. The van der Waals surface area contributed by atoms with Crippen molar-refractivity contribution < 1.29 is 9.66 Å². The van der Waals surface area contributed by atoms with Crippen LogP contribution < -0.4 is 10.3 Å². The molecule has 1 N–H and O–H groups in total. The van der Waals surface area contributed by atoms with E-state index in [1.807, 2.05) is 0 Å². The summed E-state index contributed by atoms with van der Waals surface area (Å²) in [5.74, 6) is -0.0942. The Labute approximate surface area is 124 Å². The highest BCUT2D eigenvalue weighted by molar-refractivity contribution is 14.1. The Balaban J connectivity index is 2.48. The zero-order valence-corrected chi connectivity index (χ0v) is 12.0. The van der Waals surface area contributed by atoms with E-state index in [2.05, 4.69) is 9.97 Å². The highest BCUT2D eigenvalue weighted by Gasteiger charge is 2.18. The SMILES string of the molecule is O=c1[nH]cnc(Oc2cc(Cl)ccc2[N+](=O)[O-])c1I. The molecule has 0 aliphatic heterocycles. The molecule has 0 aliphatic rings. The van der Waals surface area contributed by atoms with Crippen LogP contribution in [0, 0.1) is 13.7 Å². The molecule has 1 aromatic heterocycles. The summed E-state index contributed by atoms with van der Waals surface area (Å²) in [6.07, 6.45) is 1.15. The number of nitro groups is 1. The van der Waals surface area contributed by atoms with Gasteiger partial charge in [-0.2, -0.15) is 0 Å². The van der Waals surface area contributed by atoms with Crippen LogP contribution in [0.3, 0.4) is 0 Å². The van der Waals surface area contributed by atoms with E-state index in [0.29, 0.717) is 0 Å². The van der Waals surface area contributed by atoms with E-state index >= 15 is 0 Å². The fraction of sp³-hybridized carbons (Fsp3) is 0.